The van der Waals surface area contributed by atoms with Gasteiger partial charge in [-0.2, -0.15) is 0 Å². The molecule has 4 heteroatoms. The minimum absolute atomic E-state index is 0.549. The highest BCUT2D eigenvalue weighted by Gasteiger charge is 2.16. The van der Waals surface area contributed by atoms with E-state index in [4.69, 9.17) is 27.9 Å². The van der Waals surface area contributed by atoms with Crippen molar-refractivity contribution in [2.45, 2.75) is 13.0 Å². The summed E-state index contributed by atoms with van der Waals surface area (Å²) in [6, 6.07) is 10.6. The second kappa shape index (κ2) is 5.83. The van der Waals surface area contributed by atoms with Gasteiger partial charge in [0.2, 0.25) is 0 Å². The van der Waals surface area contributed by atoms with Crippen LogP contribution in [0.25, 0.3) is 0 Å². The molecule has 2 nitrogen and oxygen atoms in total. The van der Waals surface area contributed by atoms with Gasteiger partial charge in [0.1, 0.15) is 11.9 Å². The minimum atomic E-state index is -0.827. The average molecular weight is 297 g/mol. The number of ether oxygens (including phenoxy) is 1. The molecule has 1 N–H and O–H groups in total. The third kappa shape index (κ3) is 3.03. The Morgan fingerprint density at radius 1 is 1.11 bits per heavy atom. The molecule has 2 aromatic rings. The van der Waals surface area contributed by atoms with E-state index in [9.17, 15) is 5.11 Å². The molecule has 0 heterocycles. The molecule has 0 amide bonds. The molecule has 100 valence electrons. The topological polar surface area (TPSA) is 29.5 Å². The summed E-state index contributed by atoms with van der Waals surface area (Å²) in [5, 5.41) is 11.6. The first kappa shape index (κ1) is 14.2. The number of aliphatic hydroxyl groups excluding tert-OH is 1. The van der Waals surface area contributed by atoms with Gasteiger partial charge in [-0.25, -0.2) is 0 Å². The molecule has 0 fully saturated rings. The predicted octanol–water partition coefficient (Wildman–Crippen LogP) is 4.39. The number of methoxy groups -OCH3 is 1. The third-order valence-corrected chi connectivity index (χ3v) is 3.64. The van der Waals surface area contributed by atoms with Crippen molar-refractivity contribution in [1.29, 1.82) is 0 Å². The smallest absolute Gasteiger partial charge is 0.125 e. The quantitative estimate of drug-likeness (QED) is 0.910. The van der Waals surface area contributed by atoms with Crippen LogP contribution in [0.3, 0.4) is 0 Å². The lowest BCUT2D eigenvalue weighted by Gasteiger charge is -2.16. The zero-order valence-electron chi connectivity index (χ0n) is 10.7. The summed E-state index contributed by atoms with van der Waals surface area (Å²) in [4.78, 5) is 0. The van der Waals surface area contributed by atoms with Crippen molar-refractivity contribution < 1.29 is 9.84 Å². The highest BCUT2D eigenvalue weighted by atomic mass is 35.5. The molecule has 0 bridgehead atoms. The van der Waals surface area contributed by atoms with Crippen LogP contribution in [0.1, 0.15) is 22.8 Å². The van der Waals surface area contributed by atoms with Gasteiger partial charge < -0.3 is 9.84 Å². The zero-order chi connectivity index (χ0) is 14.0. The van der Waals surface area contributed by atoms with Crippen LogP contribution >= 0.6 is 23.2 Å². The van der Waals surface area contributed by atoms with Crippen molar-refractivity contribution in [3.05, 3.63) is 63.1 Å². The van der Waals surface area contributed by atoms with E-state index in [1.807, 2.05) is 19.1 Å². The summed E-state index contributed by atoms with van der Waals surface area (Å²) in [5.41, 5.74) is 2.29. The fourth-order valence-electron chi connectivity index (χ4n) is 1.88. The molecule has 0 aliphatic heterocycles. The summed E-state index contributed by atoms with van der Waals surface area (Å²) in [6.45, 7) is 1.92. The maximum absolute atomic E-state index is 10.4. The molecular weight excluding hydrogens is 283 g/mol. The standard InChI is InChI=1S/C15H14Cl2O2/c1-9-3-4-10(7-13(9)17)15(18)12-8-11(16)5-6-14(12)19-2/h3-8,15,18H,1-2H3. The molecule has 0 aliphatic carbocycles. The Balaban J connectivity index is 2.45. The fraction of sp³-hybridized carbons (Fsp3) is 0.200. The maximum atomic E-state index is 10.4. The van der Waals surface area contributed by atoms with Crippen molar-refractivity contribution in [2.24, 2.45) is 0 Å². The van der Waals surface area contributed by atoms with Crippen LogP contribution in [0, 0.1) is 6.92 Å². The van der Waals surface area contributed by atoms with Gasteiger partial charge in [-0.05, 0) is 42.3 Å². The summed E-state index contributed by atoms with van der Waals surface area (Å²) in [7, 11) is 1.56. The Bertz CT molecular complexity index is 597. The van der Waals surface area contributed by atoms with E-state index in [-0.39, 0.29) is 0 Å². The number of benzene rings is 2. The lowest BCUT2D eigenvalue weighted by molar-refractivity contribution is 0.214. The molecule has 1 atom stereocenters. The minimum Gasteiger partial charge on any atom is -0.496 e. The molecule has 0 aromatic heterocycles. The summed E-state index contributed by atoms with van der Waals surface area (Å²) >= 11 is 12.1. The molecule has 0 saturated heterocycles. The first-order valence-corrected chi connectivity index (χ1v) is 6.56. The van der Waals surface area contributed by atoms with E-state index in [1.165, 1.54) is 0 Å². The lowest BCUT2D eigenvalue weighted by Crippen LogP contribution is -2.02. The molecule has 0 aliphatic rings. The number of halogens is 2. The van der Waals surface area contributed by atoms with Crippen molar-refractivity contribution in [2.75, 3.05) is 7.11 Å². The van der Waals surface area contributed by atoms with E-state index >= 15 is 0 Å². The summed E-state index contributed by atoms with van der Waals surface area (Å²) in [6.07, 6.45) is -0.827. The van der Waals surface area contributed by atoms with Crippen LogP contribution in [0.5, 0.6) is 5.75 Å². The number of aryl methyl sites for hydroxylation is 1. The Kier molecular flexibility index (Phi) is 4.35. The Labute approximate surface area is 122 Å². The summed E-state index contributed by atoms with van der Waals surface area (Å²) in [5.74, 6) is 0.591. The second-order valence-corrected chi connectivity index (χ2v) is 5.14. The van der Waals surface area contributed by atoms with Crippen LogP contribution in [0.15, 0.2) is 36.4 Å². The first-order valence-electron chi connectivity index (χ1n) is 5.80. The van der Waals surface area contributed by atoms with Gasteiger partial charge in [-0.1, -0.05) is 35.3 Å². The van der Waals surface area contributed by atoms with Gasteiger partial charge in [-0.15, -0.1) is 0 Å². The monoisotopic (exact) mass is 296 g/mol. The van der Waals surface area contributed by atoms with Crippen molar-refractivity contribution >= 4 is 23.2 Å². The van der Waals surface area contributed by atoms with Crippen LogP contribution in [-0.2, 0) is 0 Å². The SMILES string of the molecule is COc1ccc(Cl)cc1C(O)c1ccc(C)c(Cl)c1. The van der Waals surface area contributed by atoms with E-state index in [0.29, 0.717) is 26.9 Å². The molecule has 1 unspecified atom stereocenters. The van der Waals surface area contributed by atoms with E-state index in [1.54, 1.807) is 31.4 Å². The Morgan fingerprint density at radius 3 is 2.47 bits per heavy atom. The zero-order valence-corrected chi connectivity index (χ0v) is 12.2. The third-order valence-electron chi connectivity index (χ3n) is 3.00. The lowest BCUT2D eigenvalue weighted by atomic mass is 9.99. The molecule has 2 aromatic carbocycles. The van der Waals surface area contributed by atoms with Crippen LogP contribution in [0.2, 0.25) is 10.0 Å². The molecule has 0 spiro atoms. The largest absolute Gasteiger partial charge is 0.496 e. The molecule has 2 rings (SSSR count). The van der Waals surface area contributed by atoms with Gasteiger partial charge in [0.15, 0.2) is 0 Å². The number of aliphatic hydroxyl groups is 1. The number of rotatable bonds is 3. The first-order chi connectivity index (χ1) is 9.02. The second-order valence-electron chi connectivity index (χ2n) is 4.30. The van der Waals surface area contributed by atoms with E-state index < -0.39 is 6.10 Å². The van der Waals surface area contributed by atoms with Gasteiger partial charge in [0.25, 0.3) is 0 Å². The molecule has 19 heavy (non-hydrogen) atoms. The molecule has 0 radical (unpaired) electrons. The van der Waals surface area contributed by atoms with Gasteiger partial charge >= 0.3 is 0 Å². The average Bonchev–Trinajstić information content (AvgIpc) is 2.41. The highest BCUT2D eigenvalue weighted by molar-refractivity contribution is 6.31. The van der Waals surface area contributed by atoms with E-state index in [2.05, 4.69) is 0 Å². The van der Waals surface area contributed by atoms with Gasteiger partial charge in [0, 0.05) is 15.6 Å². The Morgan fingerprint density at radius 2 is 1.84 bits per heavy atom. The summed E-state index contributed by atoms with van der Waals surface area (Å²) < 4.78 is 5.25. The number of hydrogen-bond donors (Lipinski definition) is 1. The van der Waals surface area contributed by atoms with Crippen LogP contribution in [-0.4, -0.2) is 12.2 Å². The van der Waals surface area contributed by atoms with Crippen molar-refractivity contribution in [1.82, 2.24) is 0 Å². The normalized spacial score (nSPS) is 12.3. The number of hydrogen-bond acceptors (Lipinski definition) is 2. The van der Waals surface area contributed by atoms with E-state index in [0.717, 1.165) is 5.56 Å². The van der Waals surface area contributed by atoms with Crippen molar-refractivity contribution in [3.63, 3.8) is 0 Å². The highest BCUT2D eigenvalue weighted by Crippen LogP contribution is 2.33. The van der Waals surface area contributed by atoms with Crippen LogP contribution in [0.4, 0.5) is 0 Å². The predicted molar refractivity (Wildman–Crippen MR) is 78.3 cm³/mol. The fourth-order valence-corrected chi connectivity index (χ4v) is 2.25. The maximum Gasteiger partial charge on any atom is 0.125 e. The van der Waals surface area contributed by atoms with Gasteiger partial charge in [-0.3, -0.25) is 0 Å². The van der Waals surface area contributed by atoms with Crippen molar-refractivity contribution in [3.8, 4) is 5.75 Å². The Hall–Kier alpha value is -1.22. The molecule has 0 saturated carbocycles. The van der Waals surface area contributed by atoms with Gasteiger partial charge in [0.05, 0.1) is 7.11 Å². The molecular formula is C15H14Cl2O2. The van der Waals surface area contributed by atoms with Crippen LogP contribution < -0.4 is 4.74 Å².